The van der Waals surface area contributed by atoms with Gasteiger partial charge in [0, 0.05) is 16.7 Å². The Hall–Kier alpha value is -3.44. The topological polar surface area (TPSA) is 70.9 Å². The van der Waals surface area contributed by atoms with Gasteiger partial charge in [0.15, 0.2) is 5.75 Å². The second-order valence-corrected chi connectivity index (χ2v) is 5.55. The SMILES string of the molecule is O=C(NO)c1cccc(C2=Nc3ccccc3Oc3ccccc32)c1. The lowest BCUT2D eigenvalue weighted by Crippen LogP contribution is -2.19. The molecule has 5 nitrogen and oxygen atoms in total. The molecule has 0 fully saturated rings. The zero-order chi connectivity index (χ0) is 17.2. The van der Waals surface area contributed by atoms with Gasteiger partial charge in [0.05, 0.1) is 5.71 Å². The molecule has 0 saturated carbocycles. The number of hydroxylamine groups is 1. The van der Waals surface area contributed by atoms with Gasteiger partial charge in [-0.1, -0.05) is 36.4 Å². The summed E-state index contributed by atoms with van der Waals surface area (Å²) >= 11 is 0. The van der Waals surface area contributed by atoms with Crippen molar-refractivity contribution in [3.8, 4) is 11.5 Å². The molecule has 0 bridgehead atoms. The van der Waals surface area contributed by atoms with E-state index in [1.54, 1.807) is 23.7 Å². The van der Waals surface area contributed by atoms with Gasteiger partial charge in [0.25, 0.3) is 5.91 Å². The Labute approximate surface area is 144 Å². The second-order valence-electron chi connectivity index (χ2n) is 5.55. The molecule has 2 N–H and O–H groups in total. The maximum Gasteiger partial charge on any atom is 0.274 e. The number of aliphatic imine (C=N–C) groups is 1. The highest BCUT2D eigenvalue weighted by molar-refractivity contribution is 6.16. The third kappa shape index (κ3) is 2.77. The molecule has 4 rings (SSSR count). The molecule has 1 aliphatic heterocycles. The quantitative estimate of drug-likeness (QED) is 0.430. The average Bonchev–Trinajstić information content (AvgIpc) is 2.84. The summed E-state index contributed by atoms with van der Waals surface area (Å²) in [6, 6.07) is 22.1. The number of fused-ring (bicyclic) bond motifs is 2. The van der Waals surface area contributed by atoms with Crippen molar-refractivity contribution < 1.29 is 14.7 Å². The molecule has 3 aromatic rings. The van der Waals surface area contributed by atoms with Crippen LogP contribution < -0.4 is 10.2 Å². The summed E-state index contributed by atoms with van der Waals surface area (Å²) in [4.78, 5) is 16.5. The molecule has 0 radical (unpaired) electrons. The van der Waals surface area contributed by atoms with Crippen LogP contribution in [0.4, 0.5) is 5.69 Å². The number of carbonyl (C=O) groups excluding carboxylic acids is 1. The molecule has 5 heteroatoms. The molecule has 0 saturated heterocycles. The van der Waals surface area contributed by atoms with Crippen molar-refractivity contribution in [2.75, 3.05) is 0 Å². The zero-order valence-corrected chi connectivity index (χ0v) is 13.1. The Bertz CT molecular complexity index is 995. The molecule has 3 aromatic carbocycles. The molecular weight excluding hydrogens is 316 g/mol. The largest absolute Gasteiger partial charge is 0.454 e. The molecule has 0 spiro atoms. The summed E-state index contributed by atoms with van der Waals surface area (Å²) < 4.78 is 6.02. The minimum Gasteiger partial charge on any atom is -0.454 e. The van der Waals surface area contributed by atoms with Crippen molar-refractivity contribution in [2.45, 2.75) is 0 Å². The van der Waals surface area contributed by atoms with E-state index in [2.05, 4.69) is 0 Å². The number of nitrogens with one attached hydrogen (secondary N) is 1. The van der Waals surface area contributed by atoms with E-state index in [1.807, 2.05) is 54.6 Å². The van der Waals surface area contributed by atoms with Crippen LogP contribution in [0.15, 0.2) is 77.8 Å². The highest BCUT2D eigenvalue weighted by Gasteiger charge is 2.19. The second kappa shape index (κ2) is 6.22. The van der Waals surface area contributed by atoms with E-state index in [1.165, 1.54) is 0 Å². The van der Waals surface area contributed by atoms with Gasteiger partial charge in [0.1, 0.15) is 11.4 Å². The fourth-order valence-corrected chi connectivity index (χ4v) is 2.78. The molecule has 1 amide bonds. The Morgan fingerprint density at radius 3 is 2.52 bits per heavy atom. The fourth-order valence-electron chi connectivity index (χ4n) is 2.78. The Morgan fingerprint density at radius 2 is 1.68 bits per heavy atom. The van der Waals surface area contributed by atoms with Gasteiger partial charge in [-0.3, -0.25) is 10.0 Å². The van der Waals surface area contributed by atoms with Crippen molar-refractivity contribution in [2.24, 2.45) is 4.99 Å². The molecule has 0 aromatic heterocycles. The van der Waals surface area contributed by atoms with E-state index < -0.39 is 5.91 Å². The summed E-state index contributed by atoms with van der Waals surface area (Å²) in [5.41, 5.74) is 5.01. The maximum atomic E-state index is 11.7. The van der Waals surface area contributed by atoms with Crippen LogP contribution >= 0.6 is 0 Å². The minimum atomic E-state index is -0.569. The lowest BCUT2D eigenvalue weighted by atomic mass is 9.99. The van der Waals surface area contributed by atoms with Crippen LogP contribution in [0.3, 0.4) is 0 Å². The van der Waals surface area contributed by atoms with E-state index in [0.717, 1.165) is 11.1 Å². The van der Waals surface area contributed by atoms with Crippen LogP contribution in [0, 0.1) is 0 Å². The molecule has 0 aliphatic carbocycles. The number of ether oxygens (including phenoxy) is 1. The highest BCUT2D eigenvalue weighted by Crippen LogP contribution is 2.38. The Kier molecular flexibility index (Phi) is 3.76. The van der Waals surface area contributed by atoms with E-state index in [4.69, 9.17) is 14.9 Å². The summed E-state index contributed by atoms with van der Waals surface area (Å²) in [5, 5.41) is 8.87. The summed E-state index contributed by atoms with van der Waals surface area (Å²) in [7, 11) is 0. The van der Waals surface area contributed by atoms with E-state index >= 15 is 0 Å². The van der Waals surface area contributed by atoms with Gasteiger partial charge >= 0.3 is 0 Å². The summed E-state index contributed by atoms with van der Waals surface area (Å²) in [6.45, 7) is 0. The first kappa shape index (κ1) is 15.1. The van der Waals surface area contributed by atoms with E-state index in [0.29, 0.717) is 28.5 Å². The van der Waals surface area contributed by atoms with E-state index in [-0.39, 0.29) is 0 Å². The van der Waals surface area contributed by atoms with Crippen molar-refractivity contribution in [3.63, 3.8) is 0 Å². The third-order valence-electron chi connectivity index (χ3n) is 3.96. The van der Waals surface area contributed by atoms with Crippen LogP contribution in [0.25, 0.3) is 0 Å². The number of para-hydroxylation sites is 3. The van der Waals surface area contributed by atoms with Gasteiger partial charge in [-0.15, -0.1) is 0 Å². The lowest BCUT2D eigenvalue weighted by molar-refractivity contribution is 0.0706. The van der Waals surface area contributed by atoms with Gasteiger partial charge in [-0.2, -0.15) is 0 Å². The molecule has 122 valence electrons. The van der Waals surface area contributed by atoms with Gasteiger partial charge in [0.2, 0.25) is 0 Å². The Morgan fingerprint density at radius 1 is 0.920 bits per heavy atom. The molecule has 1 heterocycles. The smallest absolute Gasteiger partial charge is 0.274 e. The monoisotopic (exact) mass is 330 g/mol. The van der Waals surface area contributed by atoms with Crippen LogP contribution in [-0.4, -0.2) is 16.8 Å². The van der Waals surface area contributed by atoms with Crippen molar-refractivity contribution in [3.05, 3.63) is 89.5 Å². The van der Waals surface area contributed by atoms with Crippen LogP contribution in [0.5, 0.6) is 11.5 Å². The number of hydrogen-bond donors (Lipinski definition) is 2. The molecule has 0 atom stereocenters. The zero-order valence-electron chi connectivity index (χ0n) is 13.1. The lowest BCUT2D eigenvalue weighted by Gasteiger charge is -2.10. The fraction of sp³-hybridized carbons (Fsp3) is 0. The average molecular weight is 330 g/mol. The predicted octanol–water partition coefficient (Wildman–Crippen LogP) is 4.08. The Balaban J connectivity index is 1.93. The first-order valence-electron chi connectivity index (χ1n) is 7.76. The summed E-state index contributed by atoms with van der Waals surface area (Å²) in [6.07, 6.45) is 0. The first-order chi connectivity index (χ1) is 12.3. The van der Waals surface area contributed by atoms with Crippen molar-refractivity contribution in [1.82, 2.24) is 5.48 Å². The third-order valence-corrected chi connectivity index (χ3v) is 3.96. The number of rotatable bonds is 2. The van der Waals surface area contributed by atoms with Gasteiger partial charge in [-0.05, 0) is 36.4 Å². The number of nitrogens with zero attached hydrogens (tertiary/aromatic N) is 1. The van der Waals surface area contributed by atoms with Gasteiger partial charge < -0.3 is 4.74 Å². The number of benzene rings is 3. The van der Waals surface area contributed by atoms with Crippen LogP contribution in [0.2, 0.25) is 0 Å². The number of carbonyl (C=O) groups is 1. The minimum absolute atomic E-state index is 0.346. The predicted molar refractivity (Wildman–Crippen MR) is 94.0 cm³/mol. The normalized spacial score (nSPS) is 12.1. The van der Waals surface area contributed by atoms with Crippen molar-refractivity contribution >= 4 is 17.3 Å². The first-order valence-corrected chi connectivity index (χ1v) is 7.76. The standard InChI is InChI=1S/C20H14N2O3/c23-20(22-24)14-7-5-6-13(12-14)19-15-8-1-3-10-17(15)25-18-11-4-2-9-16(18)21-19/h1-12,24H,(H,22,23). The molecule has 25 heavy (non-hydrogen) atoms. The molecular formula is C20H14N2O3. The van der Waals surface area contributed by atoms with E-state index in [9.17, 15) is 4.79 Å². The van der Waals surface area contributed by atoms with Crippen molar-refractivity contribution in [1.29, 1.82) is 0 Å². The molecule has 0 unspecified atom stereocenters. The highest BCUT2D eigenvalue weighted by atomic mass is 16.5. The maximum absolute atomic E-state index is 11.7. The van der Waals surface area contributed by atoms with Gasteiger partial charge in [-0.25, -0.2) is 10.5 Å². The number of amides is 1. The summed E-state index contributed by atoms with van der Waals surface area (Å²) in [5.74, 6) is 0.804. The number of hydrogen-bond acceptors (Lipinski definition) is 4. The van der Waals surface area contributed by atoms with Crippen LogP contribution in [-0.2, 0) is 0 Å². The molecule has 1 aliphatic rings. The van der Waals surface area contributed by atoms with Crippen LogP contribution in [0.1, 0.15) is 21.5 Å².